The van der Waals surface area contributed by atoms with Gasteiger partial charge < -0.3 is 24.4 Å². The molecule has 12 heteroatoms. The van der Waals surface area contributed by atoms with E-state index in [1.54, 1.807) is 16.5 Å². The van der Waals surface area contributed by atoms with Gasteiger partial charge in [-0.25, -0.2) is 9.59 Å². The van der Waals surface area contributed by atoms with Gasteiger partial charge in [0.05, 0.1) is 37.7 Å². The number of hydrogen-bond acceptors (Lipinski definition) is 6. The highest BCUT2D eigenvalue weighted by Crippen LogP contribution is 2.30. The van der Waals surface area contributed by atoms with E-state index in [1.165, 1.54) is 23.0 Å². The number of carbonyl (C=O) groups is 1. The highest BCUT2D eigenvalue weighted by molar-refractivity contribution is 7.18. The smallest absolute Gasteiger partial charge is 0.434 e. The molecular weight excluding hydrogens is 450 g/mol. The van der Waals surface area contributed by atoms with Gasteiger partial charge in [-0.2, -0.15) is 0 Å². The van der Waals surface area contributed by atoms with Crippen LogP contribution in [0.4, 0.5) is 4.79 Å². The Kier molecular flexibility index (Phi) is 6.86. The van der Waals surface area contributed by atoms with Crippen molar-refractivity contribution in [2.75, 3.05) is 40.5 Å². The molecule has 0 spiro atoms. The van der Waals surface area contributed by atoms with Crippen LogP contribution in [0.2, 0.25) is 0 Å². The van der Waals surface area contributed by atoms with Crippen LogP contribution in [-0.4, -0.2) is 82.7 Å². The van der Waals surface area contributed by atoms with E-state index in [0.29, 0.717) is 49.0 Å². The van der Waals surface area contributed by atoms with E-state index >= 15 is 0 Å². The maximum absolute atomic E-state index is 13.3. The second-order valence-corrected chi connectivity index (χ2v) is 9.43. The van der Waals surface area contributed by atoms with Gasteiger partial charge in [-0.15, -0.1) is 16.3 Å². The minimum atomic E-state index is -1.25. The average Bonchev–Trinajstić information content (AvgIpc) is 3.48. The fraction of sp³-hybridized carbons (Fsp3) is 0.619. The van der Waals surface area contributed by atoms with Gasteiger partial charge in [0, 0.05) is 38.7 Å². The molecule has 1 N–H and O–H groups in total. The molecule has 180 valence electrons. The van der Waals surface area contributed by atoms with E-state index in [-0.39, 0.29) is 30.5 Å². The first kappa shape index (κ1) is 23.5. The Balaban J connectivity index is 1.80. The number of likely N-dealkylation sites (N-methyl/N-ethyl adjacent to an activating group) is 1. The predicted octanol–water partition coefficient (Wildman–Crippen LogP) is 1.14. The second-order valence-electron chi connectivity index (χ2n) is 8.35. The number of aliphatic imine (C=N–C) groups is 1. The first-order chi connectivity index (χ1) is 15.8. The van der Waals surface area contributed by atoms with Crippen molar-refractivity contribution in [1.82, 2.24) is 18.9 Å². The number of nitrogens with zero attached hydrogens (tertiary/aromatic N) is 5. The molecule has 1 unspecified atom stereocenters. The van der Waals surface area contributed by atoms with Gasteiger partial charge in [-0.3, -0.25) is 13.9 Å². The molecule has 4 rings (SSSR count). The summed E-state index contributed by atoms with van der Waals surface area (Å²) in [7, 11) is 3.33. The molecule has 2 aromatic heterocycles. The van der Waals surface area contributed by atoms with E-state index in [1.807, 2.05) is 11.8 Å². The molecule has 4 heterocycles. The van der Waals surface area contributed by atoms with Crippen LogP contribution < -0.4 is 11.2 Å². The Morgan fingerprint density at radius 3 is 2.76 bits per heavy atom. The molecule has 0 saturated carbocycles. The molecule has 33 heavy (non-hydrogen) atoms. The van der Waals surface area contributed by atoms with Crippen LogP contribution in [0.3, 0.4) is 0 Å². The van der Waals surface area contributed by atoms with E-state index < -0.39 is 6.09 Å². The van der Waals surface area contributed by atoms with Crippen LogP contribution in [0.5, 0.6) is 0 Å². The number of aromatic nitrogens is 2. The van der Waals surface area contributed by atoms with Crippen molar-refractivity contribution >= 4 is 33.6 Å². The summed E-state index contributed by atoms with van der Waals surface area (Å²) < 4.78 is 13.8. The zero-order valence-corrected chi connectivity index (χ0v) is 19.9. The zero-order chi connectivity index (χ0) is 23.7. The normalized spacial score (nSPS) is 20.0. The van der Waals surface area contributed by atoms with Crippen LogP contribution >= 0.6 is 11.3 Å². The van der Waals surface area contributed by atoms with Crippen molar-refractivity contribution in [2.24, 2.45) is 4.99 Å². The summed E-state index contributed by atoms with van der Waals surface area (Å²) in [6, 6.07) is 0. The molecule has 2 aliphatic heterocycles. The maximum atomic E-state index is 13.3. The number of aryl methyl sites for hydroxylation is 1. The van der Waals surface area contributed by atoms with E-state index in [0.717, 1.165) is 23.3 Å². The number of hydrogen-bond donors (Lipinski definition) is 1. The Labute approximate surface area is 194 Å². The number of ether oxygens (including phenoxy) is 2. The van der Waals surface area contributed by atoms with Crippen molar-refractivity contribution < 1.29 is 19.4 Å². The van der Waals surface area contributed by atoms with Gasteiger partial charge in [0.25, 0.3) is 5.56 Å². The monoisotopic (exact) mass is 479 g/mol. The van der Waals surface area contributed by atoms with Crippen LogP contribution in [-0.2, 0) is 29.1 Å². The van der Waals surface area contributed by atoms with Crippen molar-refractivity contribution in [2.45, 2.75) is 45.5 Å². The molecule has 2 saturated heterocycles. The minimum absolute atomic E-state index is 0.0633. The van der Waals surface area contributed by atoms with Gasteiger partial charge in [0.15, 0.2) is 0 Å². The molecule has 2 aliphatic rings. The lowest BCUT2D eigenvalue weighted by Gasteiger charge is -2.19. The fourth-order valence-electron chi connectivity index (χ4n) is 4.40. The summed E-state index contributed by atoms with van der Waals surface area (Å²) in [5, 5.41) is 9.66. The largest absolute Gasteiger partial charge is 0.463 e. The predicted molar refractivity (Wildman–Crippen MR) is 124 cm³/mol. The topological polar surface area (TPSA) is 119 Å². The molecule has 1 atom stereocenters. The quantitative estimate of drug-likeness (QED) is 0.628. The van der Waals surface area contributed by atoms with Crippen LogP contribution in [0, 0.1) is 6.92 Å². The number of fused-ring (bicyclic) bond motifs is 1. The average molecular weight is 480 g/mol. The molecule has 2 fully saturated rings. The van der Waals surface area contributed by atoms with E-state index in [9.17, 15) is 14.4 Å². The SMILES string of the molecule is COCCn1c(=O)c2c(C)c(CN3CCN(C)C3=NC(=O)O)sc2n(CC2CCCO2)c1=O. The summed E-state index contributed by atoms with van der Waals surface area (Å²) in [6.07, 6.45) is 0.515. The van der Waals surface area contributed by atoms with Gasteiger partial charge >= 0.3 is 11.8 Å². The molecular formula is C21H29N5O6S. The van der Waals surface area contributed by atoms with Gasteiger partial charge in [-0.05, 0) is 25.3 Å². The molecule has 1 amide bonds. The van der Waals surface area contributed by atoms with Gasteiger partial charge in [0.2, 0.25) is 5.96 Å². The Morgan fingerprint density at radius 1 is 1.30 bits per heavy atom. The number of amides is 1. The van der Waals surface area contributed by atoms with Crippen LogP contribution in [0.25, 0.3) is 10.2 Å². The third-order valence-corrected chi connectivity index (χ3v) is 7.48. The Hall–Kier alpha value is -2.70. The number of methoxy groups -OCH3 is 1. The number of thiophene rings is 1. The molecule has 2 aromatic rings. The summed E-state index contributed by atoms with van der Waals surface area (Å²) in [5.74, 6) is 0.383. The maximum Gasteiger partial charge on any atom is 0.434 e. The number of carboxylic acid groups (broad SMARTS) is 1. The molecule has 0 aliphatic carbocycles. The van der Waals surface area contributed by atoms with Crippen LogP contribution in [0.1, 0.15) is 23.3 Å². The van der Waals surface area contributed by atoms with Crippen LogP contribution in [0.15, 0.2) is 14.6 Å². The third-order valence-electron chi connectivity index (χ3n) is 6.18. The molecule has 0 radical (unpaired) electrons. The fourth-order valence-corrected chi connectivity index (χ4v) is 5.72. The third kappa shape index (κ3) is 4.55. The molecule has 0 bridgehead atoms. The second kappa shape index (κ2) is 9.65. The summed E-state index contributed by atoms with van der Waals surface area (Å²) in [5.41, 5.74) is 0.118. The first-order valence-electron chi connectivity index (χ1n) is 11.0. The lowest BCUT2D eigenvalue weighted by atomic mass is 10.2. The molecule has 11 nitrogen and oxygen atoms in total. The zero-order valence-electron chi connectivity index (χ0n) is 19.1. The standard InChI is InChI=1S/C21H29N5O6S/c1-13-15(12-24-7-6-23(2)19(24)22-20(28)29)33-18-16(13)17(27)25(8-10-31-3)21(30)26(18)11-14-5-4-9-32-14/h14H,4-12H2,1-3H3,(H,28,29). The first-order valence-corrected chi connectivity index (χ1v) is 11.8. The summed E-state index contributed by atoms with van der Waals surface area (Å²) in [6.45, 7) is 5.06. The lowest BCUT2D eigenvalue weighted by Crippen LogP contribution is -2.42. The van der Waals surface area contributed by atoms with E-state index in [4.69, 9.17) is 14.6 Å². The Bertz CT molecular complexity index is 1190. The highest BCUT2D eigenvalue weighted by Gasteiger charge is 2.28. The van der Waals surface area contributed by atoms with Gasteiger partial charge in [0.1, 0.15) is 4.83 Å². The van der Waals surface area contributed by atoms with E-state index in [2.05, 4.69) is 4.99 Å². The van der Waals surface area contributed by atoms with Crippen molar-refractivity contribution in [3.8, 4) is 0 Å². The highest BCUT2D eigenvalue weighted by atomic mass is 32.1. The summed E-state index contributed by atoms with van der Waals surface area (Å²) in [4.78, 5) is 46.7. The van der Waals surface area contributed by atoms with Gasteiger partial charge in [-0.1, -0.05) is 0 Å². The summed E-state index contributed by atoms with van der Waals surface area (Å²) >= 11 is 1.40. The minimum Gasteiger partial charge on any atom is -0.463 e. The van der Waals surface area contributed by atoms with Crippen molar-refractivity contribution in [3.05, 3.63) is 31.3 Å². The van der Waals surface area contributed by atoms with Crippen molar-refractivity contribution in [3.63, 3.8) is 0 Å². The lowest BCUT2D eigenvalue weighted by molar-refractivity contribution is 0.0964. The number of rotatable bonds is 7. The van der Waals surface area contributed by atoms with Crippen molar-refractivity contribution in [1.29, 1.82) is 0 Å². The molecule has 0 aromatic carbocycles. The number of guanidine groups is 1. The Morgan fingerprint density at radius 2 is 2.09 bits per heavy atom.